The number of rotatable bonds is 0. The molecule has 0 spiro atoms. The Morgan fingerprint density at radius 1 is 1.54 bits per heavy atom. The molecule has 2 heterocycles. The van der Waals surface area contributed by atoms with Gasteiger partial charge in [-0.15, -0.1) is 0 Å². The molecule has 0 saturated carbocycles. The molecule has 1 fully saturated rings. The number of hydrogen-bond acceptors (Lipinski definition) is 2. The lowest BCUT2D eigenvalue weighted by atomic mass is 9.84. The molecule has 0 aromatic carbocycles. The number of aryl methyl sites for hydroxylation is 2. The molecule has 2 aliphatic rings. The van der Waals surface area contributed by atoms with Gasteiger partial charge in [0.05, 0.1) is 5.69 Å². The Bertz CT molecular complexity index is 329. The van der Waals surface area contributed by atoms with Crippen molar-refractivity contribution in [2.75, 3.05) is 6.54 Å². The highest BCUT2D eigenvalue weighted by molar-refractivity contribution is 5.26. The van der Waals surface area contributed by atoms with E-state index >= 15 is 0 Å². The smallest absolute Gasteiger partial charge is 0.0672 e. The molecule has 70 valence electrons. The molecule has 1 aromatic heterocycles. The molecule has 1 aromatic rings. The quantitative estimate of drug-likeness (QED) is 0.641. The monoisotopic (exact) mass is 177 g/mol. The zero-order valence-corrected chi connectivity index (χ0v) is 7.95. The van der Waals surface area contributed by atoms with Crippen LogP contribution in [-0.2, 0) is 13.5 Å². The first-order valence-corrected chi connectivity index (χ1v) is 5.10. The molecule has 3 rings (SSSR count). The topological polar surface area (TPSA) is 29.9 Å². The Morgan fingerprint density at radius 3 is 3.38 bits per heavy atom. The van der Waals surface area contributed by atoms with Crippen molar-refractivity contribution in [2.45, 2.75) is 25.3 Å². The van der Waals surface area contributed by atoms with E-state index in [1.54, 1.807) is 0 Å². The van der Waals surface area contributed by atoms with Gasteiger partial charge in [-0.05, 0) is 31.7 Å². The maximum Gasteiger partial charge on any atom is 0.0672 e. The molecule has 2 atom stereocenters. The van der Waals surface area contributed by atoms with E-state index in [0.717, 1.165) is 5.92 Å². The van der Waals surface area contributed by atoms with Crippen molar-refractivity contribution in [3.63, 3.8) is 0 Å². The molecule has 3 heteroatoms. The molecule has 3 nitrogen and oxygen atoms in total. The van der Waals surface area contributed by atoms with Gasteiger partial charge < -0.3 is 5.32 Å². The van der Waals surface area contributed by atoms with Gasteiger partial charge in [-0.2, -0.15) is 5.10 Å². The number of hydrogen-bond donors (Lipinski definition) is 1. The van der Waals surface area contributed by atoms with Crippen LogP contribution in [-0.4, -0.2) is 16.3 Å². The average Bonchev–Trinajstić information content (AvgIpc) is 2.65. The van der Waals surface area contributed by atoms with Crippen LogP contribution in [0.4, 0.5) is 0 Å². The van der Waals surface area contributed by atoms with Crippen molar-refractivity contribution in [2.24, 2.45) is 13.0 Å². The molecule has 1 saturated heterocycles. The molecule has 13 heavy (non-hydrogen) atoms. The Kier molecular flexibility index (Phi) is 1.50. The van der Waals surface area contributed by atoms with Gasteiger partial charge in [0.1, 0.15) is 0 Å². The van der Waals surface area contributed by atoms with Gasteiger partial charge in [0.15, 0.2) is 0 Å². The summed E-state index contributed by atoms with van der Waals surface area (Å²) in [6.45, 7) is 1.18. The van der Waals surface area contributed by atoms with Gasteiger partial charge in [-0.1, -0.05) is 0 Å². The largest absolute Gasteiger partial charge is 0.310 e. The van der Waals surface area contributed by atoms with E-state index in [1.165, 1.54) is 37.1 Å². The lowest BCUT2D eigenvalue weighted by molar-refractivity contribution is 0.404. The molecule has 2 unspecified atom stereocenters. The fourth-order valence-corrected chi connectivity index (χ4v) is 2.76. The van der Waals surface area contributed by atoms with Crippen LogP contribution in [0.25, 0.3) is 0 Å². The van der Waals surface area contributed by atoms with Gasteiger partial charge in [0, 0.05) is 24.8 Å². The summed E-state index contributed by atoms with van der Waals surface area (Å²) in [7, 11) is 2.02. The minimum Gasteiger partial charge on any atom is -0.310 e. The van der Waals surface area contributed by atoms with E-state index in [0.29, 0.717) is 6.04 Å². The molecule has 1 aliphatic heterocycles. The third-order valence-corrected chi connectivity index (χ3v) is 3.38. The Labute approximate surface area is 78.1 Å². The van der Waals surface area contributed by atoms with Crippen molar-refractivity contribution < 1.29 is 0 Å². The molecular formula is C10H15N3. The Balaban J connectivity index is 2.05. The lowest BCUT2D eigenvalue weighted by Gasteiger charge is -2.23. The van der Waals surface area contributed by atoms with E-state index < -0.39 is 0 Å². The highest BCUT2D eigenvalue weighted by Gasteiger charge is 2.34. The minimum absolute atomic E-state index is 0.609. The third-order valence-electron chi connectivity index (χ3n) is 3.38. The van der Waals surface area contributed by atoms with Gasteiger partial charge in [-0.25, -0.2) is 0 Å². The van der Waals surface area contributed by atoms with E-state index in [-0.39, 0.29) is 0 Å². The molecule has 0 radical (unpaired) electrons. The van der Waals surface area contributed by atoms with Crippen molar-refractivity contribution >= 4 is 0 Å². The van der Waals surface area contributed by atoms with Crippen molar-refractivity contribution in [3.05, 3.63) is 17.5 Å². The standard InChI is InChI=1S/C10H15N3/c1-13-6-8-9(12-13)3-2-7-4-5-11-10(7)8/h6-7,10-11H,2-5H2,1H3. The lowest BCUT2D eigenvalue weighted by Crippen LogP contribution is -2.22. The van der Waals surface area contributed by atoms with Crippen LogP contribution in [0.3, 0.4) is 0 Å². The maximum atomic E-state index is 4.49. The van der Waals surface area contributed by atoms with Crippen LogP contribution in [0.15, 0.2) is 6.20 Å². The zero-order chi connectivity index (χ0) is 8.84. The summed E-state index contributed by atoms with van der Waals surface area (Å²) in [6.07, 6.45) is 6.03. The van der Waals surface area contributed by atoms with Crippen LogP contribution in [0.1, 0.15) is 30.1 Å². The van der Waals surface area contributed by atoms with Crippen molar-refractivity contribution in [1.82, 2.24) is 15.1 Å². The van der Waals surface area contributed by atoms with Crippen molar-refractivity contribution in [1.29, 1.82) is 0 Å². The highest BCUT2D eigenvalue weighted by atomic mass is 15.3. The first kappa shape index (κ1) is 7.56. The van der Waals surface area contributed by atoms with Crippen LogP contribution < -0.4 is 5.32 Å². The summed E-state index contributed by atoms with van der Waals surface area (Å²) in [6, 6.07) is 0.609. The normalized spacial score (nSPS) is 31.5. The molecular weight excluding hydrogens is 162 g/mol. The third kappa shape index (κ3) is 1.03. The van der Waals surface area contributed by atoms with Gasteiger partial charge >= 0.3 is 0 Å². The number of aromatic nitrogens is 2. The predicted octanol–water partition coefficient (Wildman–Crippen LogP) is 1.02. The highest BCUT2D eigenvalue weighted by Crippen LogP contribution is 2.38. The van der Waals surface area contributed by atoms with Gasteiger partial charge in [-0.3, -0.25) is 4.68 Å². The van der Waals surface area contributed by atoms with Crippen molar-refractivity contribution in [3.8, 4) is 0 Å². The average molecular weight is 177 g/mol. The SMILES string of the molecule is Cn1cc2c(n1)CCC1CCNC21. The maximum absolute atomic E-state index is 4.49. The first-order valence-electron chi connectivity index (χ1n) is 5.10. The number of fused-ring (bicyclic) bond motifs is 3. The number of nitrogens with zero attached hydrogens (tertiary/aromatic N) is 2. The van der Waals surface area contributed by atoms with E-state index in [9.17, 15) is 0 Å². The van der Waals surface area contributed by atoms with E-state index in [4.69, 9.17) is 0 Å². The summed E-state index contributed by atoms with van der Waals surface area (Å²) in [5.74, 6) is 0.872. The van der Waals surface area contributed by atoms with Gasteiger partial charge in [0.2, 0.25) is 0 Å². The zero-order valence-electron chi connectivity index (χ0n) is 7.95. The Morgan fingerprint density at radius 2 is 2.46 bits per heavy atom. The van der Waals surface area contributed by atoms with Crippen LogP contribution >= 0.6 is 0 Å². The van der Waals surface area contributed by atoms with Crippen LogP contribution in [0.2, 0.25) is 0 Å². The summed E-state index contributed by atoms with van der Waals surface area (Å²) >= 11 is 0. The summed E-state index contributed by atoms with van der Waals surface area (Å²) in [5.41, 5.74) is 2.77. The summed E-state index contributed by atoms with van der Waals surface area (Å²) < 4.78 is 1.95. The predicted molar refractivity (Wildman–Crippen MR) is 50.4 cm³/mol. The fraction of sp³-hybridized carbons (Fsp3) is 0.700. The molecule has 1 N–H and O–H groups in total. The van der Waals surface area contributed by atoms with E-state index in [1.807, 2.05) is 11.7 Å². The summed E-state index contributed by atoms with van der Waals surface area (Å²) in [4.78, 5) is 0. The molecule has 1 aliphatic carbocycles. The molecule has 0 amide bonds. The second-order valence-electron chi connectivity index (χ2n) is 4.22. The first-order chi connectivity index (χ1) is 6.34. The second kappa shape index (κ2) is 2.58. The fourth-order valence-electron chi connectivity index (χ4n) is 2.76. The minimum atomic E-state index is 0.609. The van der Waals surface area contributed by atoms with Crippen LogP contribution in [0, 0.1) is 5.92 Å². The van der Waals surface area contributed by atoms with Crippen LogP contribution in [0.5, 0.6) is 0 Å². The number of nitrogens with one attached hydrogen (secondary N) is 1. The van der Waals surface area contributed by atoms with Gasteiger partial charge in [0.25, 0.3) is 0 Å². The molecule has 0 bridgehead atoms. The Hall–Kier alpha value is -0.830. The second-order valence-corrected chi connectivity index (χ2v) is 4.22. The summed E-state index contributed by atoms with van der Waals surface area (Å²) in [5, 5.41) is 8.06. The van der Waals surface area contributed by atoms with E-state index in [2.05, 4.69) is 16.6 Å².